The quantitative estimate of drug-likeness (QED) is 0.517. The molecule has 1 heterocycles. The van der Waals surface area contributed by atoms with Crippen molar-refractivity contribution in [1.82, 2.24) is 0 Å². The Balaban J connectivity index is 2.50. The number of aliphatic imine (C=N–C) groups is 1. The third-order valence-electron chi connectivity index (χ3n) is 2.99. The maximum Gasteiger partial charge on any atom is 0.0627 e. The van der Waals surface area contributed by atoms with Crippen LogP contribution >= 0.6 is 0 Å². The number of nitrogens with zero attached hydrogens (tertiary/aromatic N) is 1. The molecule has 0 fully saturated rings. The lowest BCUT2D eigenvalue weighted by atomic mass is 9.79. The second-order valence-corrected chi connectivity index (χ2v) is 4.11. The van der Waals surface area contributed by atoms with Crippen LogP contribution in [0, 0.1) is 5.41 Å². The summed E-state index contributed by atoms with van der Waals surface area (Å²) in [5.74, 6) is 0. The zero-order valence-corrected chi connectivity index (χ0v) is 8.02. The molecule has 0 unspecified atom stereocenters. The molecule has 0 radical (unpaired) electrons. The molecule has 0 amide bonds. The highest BCUT2D eigenvalue weighted by atomic mass is 14.8. The van der Waals surface area contributed by atoms with Gasteiger partial charge in [0.1, 0.15) is 0 Å². The monoisotopic (exact) mass is 161 g/mol. The molecule has 0 saturated carbocycles. The minimum atomic E-state index is 0.187. The van der Waals surface area contributed by atoms with Gasteiger partial charge in [-0.05, 0) is 25.3 Å². The first kappa shape index (κ1) is 7.78. The van der Waals surface area contributed by atoms with E-state index in [4.69, 9.17) is 0 Å². The van der Waals surface area contributed by atoms with Gasteiger partial charge in [-0.15, -0.1) is 0 Å². The SMILES string of the molecule is CC1=NC2=CCCC=C2C1(C)C. The smallest absolute Gasteiger partial charge is 0.0627 e. The van der Waals surface area contributed by atoms with E-state index in [1.165, 1.54) is 23.4 Å². The molecule has 1 aliphatic heterocycles. The molecule has 0 aromatic carbocycles. The second kappa shape index (κ2) is 2.32. The maximum absolute atomic E-state index is 4.57. The predicted octanol–water partition coefficient (Wildman–Crippen LogP) is 3.09. The van der Waals surface area contributed by atoms with Gasteiger partial charge in [0.15, 0.2) is 0 Å². The Morgan fingerprint density at radius 3 is 2.58 bits per heavy atom. The minimum absolute atomic E-state index is 0.187. The summed E-state index contributed by atoms with van der Waals surface area (Å²) in [6, 6.07) is 0. The lowest BCUT2D eigenvalue weighted by molar-refractivity contribution is 0.644. The van der Waals surface area contributed by atoms with E-state index in [1.807, 2.05) is 0 Å². The van der Waals surface area contributed by atoms with Gasteiger partial charge in [0.05, 0.1) is 5.70 Å². The van der Waals surface area contributed by atoms with Crippen molar-refractivity contribution in [2.75, 3.05) is 0 Å². The van der Waals surface area contributed by atoms with Crippen molar-refractivity contribution < 1.29 is 0 Å². The van der Waals surface area contributed by atoms with Crippen molar-refractivity contribution in [3.63, 3.8) is 0 Å². The molecule has 0 N–H and O–H groups in total. The molecule has 2 rings (SSSR count). The fourth-order valence-electron chi connectivity index (χ4n) is 1.86. The largest absolute Gasteiger partial charge is 0.257 e. The van der Waals surface area contributed by atoms with E-state index in [0.29, 0.717) is 0 Å². The molecule has 1 nitrogen and oxygen atoms in total. The molecule has 1 heteroatoms. The fourth-order valence-corrected chi connectivity index (χ4v) is 1.86. The van der Waals surface area contributed by atoms with Crippen LogP contribution in [0.25, 0.3) is 0 Å². The van der Waals surface area contributed by atoms with Gasteiger partial charge in [-0.25, -0.2) is 0 Å². The first-order chi connectivity index (χ1) is 5.62. The first-order valence-corrected chi connectivity index (χ1v) is 4.59. The highest BCUT2D eigenvalue weighted by molar-refractivity contribution is 5.95. The Hall–Kier alpha value is -0.850. The zero-order valence-electron chi connectivity index (χ0n) is 8.02. The van der Waals surface area contributed by atoms with E-state index < -0.39 is 0 Å². The molecule has 1 aliphatic carbocycles. The number of hydrogen-bond acceptors (Lipinski definition) is 1. The minimum Gasteiger partial charge on any atom is -0.257 e. The van der Waals surface area contributed by atoms with E-state index in [1.54, 1.807) is 0 Å². The third-order valence-corrected chi connectivity index (χ3v) is 2.99. The normalized spacial score (nSPS) is 25.8. The van der Waals surface area contributed by atoms with Crippen molar-refractivity contribution >= 4 is 5.71 Å². The van der Waals surface area contributed by atoms with Gasteiger partial charge in [-0.3, -0.25) is 4.99 Å². The highest BCUT2D eigenvalue weighted by Gasteiger charge is 2.34. The Kier molecular flexibility index (Phi) is 1.50. The average molecular weight is 161 g/mol. The average Bonchev–Trinajstić information content (AvgIpc) is 2.25. The van der Waals surface area contributed by atoms with Gasteiger partial charge in [0.2, 0.25) is 0 Å². The molecule has 12 heavy (non-hydrogen) atoms. The predicted molar refractivity (Wildman–Crippen MR) is 52.3 cm³/mol. The lowest BCUT2D eigenvalue weighted by Crippen LogP contribution is -2.19. The summed E-state index contributed by atoms with van der Waals surface area (Å²) in [7, 11) is 0. The Labute approximate surface area is 73.9 Å². The van der Waals surface area contributed by atoms with Gasteiger partial charge in [-0.1, -0.05) is 26.0 Å². The summed E-state index contributed by atoms with van der Waals surface area (Å²) < 4.78 is 0. The van der Waals surface area contributed by atoms with Crippen LogP contribution in [-0.4, -0.2) is 5.71 Å². The van der Waals surface area contributed by atoms with E-state index in [2.05, 4.69) is 37.9 Å². The van der Waals surface area contributed by atoms with Crippen LogP contribution in [0.2, 0.25) is 0 Å². The van der Waals surface area contributed by atoms with Crippen molar-refractivity contribution in [2.45, 2.75) is 33.6 Å². The molecule has 0 aromatic heterocycles. The molecule has 2 aliphatic rings. The van der Waals surface area contributed by atoms with Gasteiger partial charge >= 0.3 is 0 Å². The van der Waals surface area contributed by atoms with E-state index in [0.717, 1.165) is 6.42 Å². The van der Waals surface area contributed by atoms with Crippen molar-refractivity contribution in [3.05, 3.63) is 23.4 Å². The van der Waals surface area contributed by atoms with Crippen LogP contribution in [0.3, 0.4) is 0 Å². The van der Waals surface area contributed by atoms with E-state index in [-0.39, 0.29) is 5.41 Å². The summed E-state index contributed by atoms with van der Waals surface area (Å²) >= 11 is 0. The second-order valence-electron chi connectivity index (χ2n) is 4.11. The van der Waals surface area contributed by atoms with Gasteiger partial charge < -0.3 is 0 Å². The van der Waals surface area contributed by atoms with Crippen molar-refractivity contribution in [3.8, 4) is 0 Å². The molecule has 0 atom stereocenters. The number of hydrogen-bond donors (Lipinski definition) is 0. The zero-order chi connectivity index (χ0) is 8.77. The summed E-state index contributed by atoms with van der Waals surface area (Å²) in [4.78, 5) is 4.57. The van der Waals surface area contributed by atoms with Crippen molar-refractivity contribution in [2.24, 2.45) is 10.4 Å². The molecule has 0 spiro atoms. The van der Waals surface area contributed by atoms with Gasteiger partial charge in [0.25, 0.3) is 0 Å². The summed E-state index contributed by atoms with van der Waals surface area (Å²) in [6.45, 7) is 6.63. The Morgan fingerprint density at radius 2 is 1.92 bits per heavy atom. The molecule has 0 aromatic rings. The molecule has 0 saturated heterocycles. The standard InChI is InChI=1S/C11H15N/c1-8-11(2,3)9-6-4-5-7-10(9)12-8/h6-7H,4-5H2,1-3H3. The number of fused-ring (bicyclic) bond motifs is 1. The van der Waals surface area contributed by atoms with Crippen LogP contribution < -0.4 is 0 Å². The lowest BCUT2D eigenvalue weighted by Gasteiger charge is -2.22. The van der Waals surface area contributed by atoms with Crippen molar-refractivity contribution in [1.29, 1.82) is 0 Å². The Morgan fingerprint density at radius 1 is 1.25 bits per heavy atom. The van der Waals surface area contributed by atoms with Crippen LogP contribution in [0.15, 0.2) is 28.4 Å². The van der Waals surface area contributed by atoms with Gasteiger partial charge in [0, 0.05) is 11.1 Å². The van der Waals surface area contributed by atoms with Crippen LogP contribution in [0.4, 0.5) is 0 Å². The fraction of sp³-hybridized carbons (Fsp3) is 0.545. The summed E-state index contributed by atoms with van der Waals surface area (Å²) in [6.07, 6.45) is 6.94. The highest BCUT2D eigenvalue weighted by Crippen LogP contribution is 2.42. The topological polar surface area (TPSA) is 12.4 Å². The molecule has 0 bridgehead atoms. The summed E-state index contributed by atoms with van der Waals surface area (Å²) in [5, 5.41) is 0. The first-order valence-electron chi connectivity index (χ1n) is 4.59. The Bertz CT molecular complexity index is 303. The van der Waals surface area contributed by atoms with E-state index >= 15 is 0 Å². The van der Waals surface area contributed by atoms with E-state index in [9.17, 15) is 0 Å². The number of allylic oxidation sites excluding steroid dienone is 3. The molecule has 64 valence electrons. The van der Waals surface area contributed by atoms with Gasteiger partial charge in [-0.2, -0.15) is 0 Å². The maximum atomic E-state index is 4.57. The number of rotatable bonds is 0. The molecular weight excluding hydrogens is 146 g/mol. The van der Waals surface area contributed by atoms with Crippen LogP contribution in [-0.2, 0) is 0 Å². The van der Waals surface area contributed by atoms with Crippen LogP contribution in [0.5, 0.6) is 0 Å². The summed E-state index contributed by atoms with van der Waals surface area (Å²) in [5.41, 5.74) is 4.10. The third kappa shape index (κ3) is 0.889. The molecular formula is C11H15N. The van der Waals surface area contributed by atoms with Crippen LogP contribution in [0.1, 0.15) is 33.6 Å².